The van der Waals surface area contributed by atoms with Crippen LogP contribution in [0.2, 0.25) is 0 Å². The molecule has 0 unspecified atom stereocenters. The Bertz CT molecular complexity index is 507. The molecule has 1 aromatic rings. The fourth-order valence-corrected chi connectivity index (χ4v) is 1.53. The van der Waals surface area contributed by atoms with Gasteiger partial charge < -0.3 is 9.84 Å². The summed E-state index contributed by atoms with van der Waals surface area (Å²) in [5.74, 6) is -2.61. The molecule has 1 N–H and O–H groups in total. The van der Waals surface area contributed by atoms with Gasteiger partial charge in [0.2, 0.25) is 0 Å². The average molecular weight is 310 g/mol. The molecule has 17 heavy (non-hydrogen) atoms. The normalized spacial score (nSPS) is 10.8. The van der Waals surface area contributed by atoms with Crippen LogP contribution >= 0.6 is 15.9 Å². The zero-order chi connectivity index (χ0) is 13.2. The highest BCUT2D eigenvalue weighted by atomic mass is 79.9. The molecule has 0 saturated heterocycles. The molecule has 1 rings (SSSR count). The fourth-order valence-electron chi connectivity index (χ4n) is 1.10. The molecule has 1 aromatic carbocycles. The highest BCUT2D eigenvalue weighted by molar-refractivity contribution is 9.10. The molecule has 0 spiro atoms. The van der Waals surface area contributed by atoms with Crippen LogP contribution in [0, 0.1) is 11.3 Å². The van der Waals surface area contributed by atoms with Gasteiger partial charge in [-0.3, -0.25) is 0 Å². The van der Waals surface area contributed by atoms with E-state index in [1.54, 1.807) is 0 Å². The van der Waals surface area contributed by atoms with Crippen molar-refractivity contribution in [2.24, 2.45) is 0 Å². The SMILES string of the molecule is N#Cc1cc(Br)cc(OC(F)(F)F)c1C(=O)O. The molecule has 8 heteroatoms. The number of hydrogen-bond acceptors (Lipinski definition) is 3. The standard InChI is InChI=1S/C9H3BrF3NO3/c10-5-1-4(3-14)7(8(15)16)6(2-5)17-9(11,12)13/h1-2H,(H,15,16). The topological polar surface area (TPSA) is 70.3 Å². The van der Waals surface area contributed by atoms with E-state index < -0.39 is 29.2 Å². The van der Waals surface area contributed by atoms with Crippen LogP contribution in [0.25, 0.3) is 0 Å². The van der Waals surface area contributed by atoms with Gasteiger partial charge in [-0.15, -0.1) is 13.2 Å². The maximum absolute atomic E-state index is 12.0. The average Bonchev–Trinajstić information content (AvgIpc) is 2.12. The van der Waals surface area contributed by atoms with E-state index in [2.05, 4.69) is 20.7 Å². The van der Waals surface area contributed by atoms with Crippen LogP contribution in [0.5, 0.6) is 5.75 Å². The molecular weight excluding hydrogens is 307 g/mol. The number of ether oxygens (including phenoxy) is 1. The zero-order valence-electron chi connectivity index (χ0n) is 7.88. The van der Waals surface area contributed by atoms with Gasteiger partial charge in [-0.25, -0.2) is 4.79 Å². The minimum absolute atomic E-state index is 0.110. The van der Waals surface area contributed by atoms with Crippen molar-refractivity contribution >= 4 is 21.9 Å². The molecule has 90 valence electrons. The van der Waals surface area contributed by atoms with Gasteiger partial charge in [-0.2, -0.15) is 5.26 Å². The number of benzene rings is 1. The van der Waals surface area contributed by atoms with E-state index in [0.29, 0.717) is 0 Å². The van der Waals surface area contributed by atoms with Gasteiger partial charge >= 0.3 is 12.3 Å². The third-order valence-corrected chi connectivity index (χ3v) is 2.08. The van der Waals surface area contributed by atoms with Crippen LogP contribution in [0.1, 0.15) is 15.9 Å². The number of carboxylic acids is 1. The second kappa shape index (κ2) is 4.63. The number of carbonyl (C=O) groups is 1. The van der Waals surface area contributed by atoms with Crippen molar-refractivity contribution < 1.29 is 27.8 Å². The second-order valence-electron chi connectivity index (χ2n) is 2.79. The predicted molar refractivity (Wildman–Crippen MR) is 52.5 cm³/mol. The van der Waals surface area contributed by atoms with Gasteiger partial charge in [0.1, 0.15) is 17.4 Å². The Morgan fingerprint density at radius 2 is 2.06 bits per heavy atom. The number of alkyl halides is 3. The Kier molecular flexibility index (Phi) is 3.63. The predicted octanol–water partition coefficient (Wildman–Crippen LogP) is 2.92. The lowest BCUT2D eigenvalue weighted by Crippen LogP contribution is -2.19. The highest BCUT2D eigenvalue weighted by Gasteiger charge is 2.34. The first-order valence-corrected chi connectivity index (χ1v) is 4.76. The van der Waals surface area contributed by atoms with Gasteiger partial charge in [0.15, 0.2) is 0 Å². The summed E-state index contributed by atoms with van der Waals surface area (Å²) in [5, 5.41) is 17.4. The largest absolute Gasteiger partial charge is 0.573 e. The number of nitrogens with zero attached hydrogens (tertiary/aromatic N) is 1. The summed E-state index contributed by atoms with van der Waals surface area (Å²) in [6.45, 7) is 0. The van der Waals surface area contributed by atoms with Crippen LogP contribution in [0.3, 0.4) is 0 Å². The summed E-state index contributed by atoms with van der Waals surface area (Å²) in [6.07, 6.45) is -5.03. The Hall–Kier alpha value is -1.75. The van der Waals surface area contributed by atoms with E-state index in [-0.39, 0.29) is 4.47 Å². The minimum atomic E-state index is -5.03. The first-order chi connectivity index (χ1) is 7.74. The summed E-state index contributed by atoms with van der Waals surface area (Å²) in [4.78, 5) is 10.8. The maximum Gasteiger partial charge on any atom is 0.573 e. The van der Waals surface area contributed by atoms with Crippen LogP contribution in [0.15, 0.2) is 16.6 Å². The lowest BCUT2D eigenvalue weighted by atomic mass is 10.1. The molecule has 0 atom stereocenters. The highest BCUT2D eigenvalue weighted by Crippen LogP contribution is 2.31. The van der Waals surface area contributed by atoms with E-state index in [4.69, 9.17) is 10.4 Å². The summed E-state index contributed by atoms with van der Waals surface area (Å²) >= 11 is 2.85. The molecule has 0 amide bonds. The van der Waals surface area contributed by atoms with Crippen molar-refractivity contribution in [2.75, 3.05) is 0 Å². The number of halogens is 4. The lowest BCUT2D eigenvalue weighted by molar-refractivity contribution is -0.274. The third kappa shape index (κ3) is 3.35. The maximum atomic E-state index is 12.0. The van der Waals surface area contributed by atoms with Crippen molar-refractivity contribution in [1.82, 2.24) is 0 Å². The first kappa shape index (κ1) is 13.3. The van der Waals surface area contributed by atoms with E-state index in [9.17, 15) is 18.0 Å². The number of aromatic carboxylic acids is 1. The molecule has 0 aromatic heterocycles. The van der Waals surface area contributed by atoms with Crippen LogP contribution in [0.4, 0.5) is 13.2 Å². The molecule has 4 nitrogen and oxygen atoms in total. The molecule has 0 aliphatic rings. The van der Waals surface area contributed by atoms with Gasteiger partial charge in [0.25, 0.3) is 0 Å². The summed E-state index contributed by atoms with van der Waals surface area (Å²) < 4.78 is 39.8. The molecular formula is C9H3BrF3NO3. The Labute approximate surface area is 101 Å². The minimum Gasteiger partial charge on any atom is -0.478 e. The second-order valence-corrected chi connectivity index (χ2v) is 3.71. The first-order valence-electron chi connectivity index (χ1n) is 3.97. The summed E-state index contributed by atoms with van der Waals surface area (Å²) in [5.41, 5.74) is -1.25. The number of hydrogen-bond donors (Lipinski definition) is 1. The summed E-state index contributed by atoms with van der Waals surface area (Å²) in [7, 11) is 0. The van der Waals surface area contributed by atoms with Crippen molar-refractivity contribution in [3.63, 3.8) is 0 Å². The van der Waals surface area contributed by atoms with E-state index in [0.717, 1.165) is 12.1 Å². The van der Waals surface area contributed by atoms with Gasteiger partial charge in [-0.05, 0) is 12.1 Å². The van der Waals surface area contributed by atoms with E-state index >= 15 is 0 Å². The molecule has 0 fully saturated rings. The zero-order valence-corrected chi connectivity index (χ0v) is 9.46. The Balaban J connectivity index is 3.42. The molecule has 0 bridgehead atoms. The van der Waals surface area contributed by atoms with E-state index in [1.165, 1.54) is 6.07 Å². The van der Waals surface area contributed by atoms with Crippen molar-refractivity contribution in [3.05, 3.63) is 27.7 Å². The van der Waals surface area contributed by atoms with Crippen molar-refractivity contribution in [3.8, 4) is 11.8 Å². The van der Waals surface area contributed by atoms with Crippen molar-refractivity contribution in [2.45, 2.75) is 6.36 Å². The molecule has 0 aliphatic heterocycles. The van der Waals surface area contributed by atoms with Gasteiger partial charge in [0, 0.05) is 4.47 Å². The number of carboxylic acid groups (broad SMARTS) is 1. The molecule has 0 radical (unpaired) electrons. The molecule has 0 heterocycles. The fraction of sp³-hybridized carbons (Fsp3) is 0.111. The Morgan fingerprint density at radius 1 is 1.47 bits per heavy atom. The molecule has 0 aliphatic carbocycles. The third-order valence-electron chi connectivity index (χ3n) is 1.63. The molecule has 0 saturated carbocycles. The number of nitriles is 1. The quantitative estimate of drug-likeness (QED) is 0.912. The smallest absolute Gasteiger partial charge is 0.478 e. The van der Waals surface area contributed by atoms with Crippen molar-refractivity contribution in [1.29, 1.82) is 5.26 Å². The van der Waals surface area contributed by atoms with Gasteiger partial charge in [-0.1, -0.05) is 15.9 Å². The van der Waals surface area contributed by atoms with Crippen LogP contribution < -0.4 is 4.74 Å². The van der Waals surface area contributed by atoms with E-state index in [1.807, 2.05) is 0 Å². The lowest BCUT2D eigenvalue weighted by Gasteiger charge is -2.12. The summed E-state index contributed by atoms with van der Waals surface area (Å²) in [6, 6.07) is 3.41. The van der Waals surface area contributed by atoms with Crippen LogP contribution in [-0.4, -0.2) is 17.4 Å². The Morgan fingerprint density at radius 3 is 2.47 bits per heavy atom. The number of rotatable bonds is 2. The monoisotopic (exact) mass is 309 g/mol. The van der Waals surface area contributed by atoms with Gasteiger partial charge in [0.05, 0.1) is 5.56 Å². The van der Waals surface area contributed by atoms with Crippen LogP contribution in [-0.2, 0) is 0 Å².